The number of hydrogen-bond donors (Lipinski definition) is 2. The Kier molecular flexibility index (Phi) is 6.38. The van der Waals surface area contributed by atoms with Crippen molar-refractivity contribution in [3.05, 3.63) is 35.9 Å². The van der Waals surface area contributed by atoms with Crippen LogP contribution in [0.15, 0.2) is 30.3 Å². The lowest BCUT2D eigenvalue weighted by atomic mass is 9.97. The van der Waals surface area contributed by atoms with E-state index in [4.69, 9.17) is 10.5 Å². The first-order chi connectivity index (χ1) is 11.9. The first-order valence-corrected chi connectivity index (χ1v) is 8.48. The van der Waals surface area contributed by atoms with Crippen LogP contribution in [0.4, 0.5) is 4.79 Å². The van der Waals surface area contributed by atoms with Crippen LogP contribution in [0.25, 0.3) is 0 Å². The van der Waals surface area contributed by atoms with Gasteiger partial charge in [0.1, 0.15) is 0 Å². The standard InChI is InChI=1S/C18H25N3O4/c1-12(14-6-4-3-5-7-14)20-16(22)13(2)25-17(23)15-8-10-21(11-9-15)18(19)24/h3-7,12-13,15H,8-11H2,1-2H3,(H2,19,24)(H,20,22)/t12-,13-/m1/s1. The van der Waals surface area contributed by atoms with Gasteiger partial charge in [-0.05, 0) is 32.3 Å². The van der Waals surface area contributed by atoms with E-state index in [2.05, 4.69) is 5.32 Å². The van der Waals surface area contributed by atoms with Crippen LogP contribution in [-0.4, -0.2) is 42.0 Å². The molecule has 1 aromatic rings. The molecule has 3 amide bonds. The highest BCUT2D eigenvalue weighted by Crippen LogP contribution is 2.19. The number of esters is 1. The van der Waals surface area contributed by atoms with Gasteiger partial charge >= 0.3 is 12.0 Å². The van der Waals surface area contributed by atoms with Gasteiger partial charge in [-0.3, -0.25) is 9.59 Å². The highest BCUT2D eigenvalue weighted by atomic mass is 16.5. The quantitative estimate of drug-likeness (QED) is 0.790. The predicted molar refractivity (Wildman–Crippen MR) is 92.4 cm³/mol. The fraction of sp³-hybridized carbons (Fsp3) is 0.500. The van der Waals surface area contributed by atoms with E-state index < -0.39 is 18.1 Å². The Morgan fingerprint density at radius 1 is 1.16 bits per heavy atom. The first kappa shape index (κ1) is 18.8. The lowest BCUT2D eigenvalue weighted by Crippen LogP contribution is -2.44. The van der Waals surface area contributed by atoms with Crippen molar-refractivity contribution in [1.29, 1.82) is 0 Å². The van der Waals surface area contributed by atoms with Crippen molar-refractivity contribution in [2.45, 2.75) is 38.8 Å². The third-order valence-corrected chi connectivity index (χ3v) is 4.46. The minimum absolute atomic E-state index is 0.173. The number of ether oxygens (including phenoxy) is 1. The molecule has 1 aliphatic rings. The smallest absolute Gasteiger partial charge is 0.314 e. The summed E-state index contributed by atoms with van der Waals surface area (Å²) in [5, 5.41) is 2.84. The second-order valence-electron chi connectivity index (χ2n) is 6.32. The number of nitrogens with two attached hydrogens (primary N) is 1. The molecule has 0 aromatic heterocycles. The summed E-state index contributed by atoms with van der Waals surface area (Å²) >= 11 is 0. The summed E-state index contributed by atoms with van der Waals surface area (Å²) in [5.74, 6) is -1.05. The van der Waals surface area contributed by atoms with Gasteiger partial charge in [0.2, 0.25) is 0 Å². The molecule has 0 unspecified atom stereocenters. The number of nitrogens with zero attached hydrogens (tertiary/aromatic N) is 1. The molecular formula is C18H25N3O4. The van der Waals surface area contributed by atoms with E-state index in [1.807, 2.05) is 37.3 Å². The van der Waals surface area contributed by atoms with Gasteiger partial charge in [-0.15, -0.1) is 0 Å². The normalized spacial score (nSPS) is 17.4. The van der Waals surface area contributed by atoms with Gasteiger partial charge in [-0.25, -0.2) is 4.79 Å². The molecule has 7 heteroatoms. The maximum absolute atomic E-state index is 12.2. The van der Waals surface area contributed by atoms with E-state index in [0.717, 1.165) is 5.56 Å². The molecule has 0 bridgehead atoms. The van der Waals surface area contributed by atoms with E-state index in [1.54, 1.807) is 6.92 Å². The SMILES string of the molecule is C[C@@H](OC(=O)C1CCN(C(N)=O)CC1)C(=O)N[C@H](C)c1ccccc1. The molecule has 0 radical (unpaired) electrons. The molecular weight excluding hydrogens is 322 g/mol. The third-order valence-electron chi connectivity index (χ3n) is 4.46. The molecule has 1 aromatic carbocycles. The second kappa shape index (κ2) is 8.50. The molecule has 0 spiro atoms. The topological polar surface area (TPSA) is 102 Å². The minimum Gasteiger partial charge on any atom is -0.452 e. The van der Waals surface area contributed by atoms with E-state index in [-0.39, 0.29) is 17.9 Å². The molecule has 136 valence electrons. The number of piperidine rings is 1. The van der Waals surface area contributed by atoms with Crippen LogP contribution in [0.5, 0.6) is 0 Å². The predicted octanol–water partition coefficient (Wildman–Crippen LogP) is 1.59. The number of primary amides is 1. The molecule has 1 saturated heterocycles. The van der Waals surface area contributed by atoms with Gasteiger partial charge in [0.05, 0.1) is 12.0 Å². The number of urea groups is 1. The Labute approximate surface area is 147 Å². The largest absolute Gasteiger partial charge is 0.452 e. The maximum atomic E-state index is 12.2. The molecule has 3 N–H and O–H groups in total. The zero-order chi connectivity index (χ0) is 18.4. The van der Waals surface area contributed by atoms with Gasteiger partial charge in [0, 0.05) is 13.1 Å². The van der Waals surface area contributed by atoms with E-state index in [0.29, 0.717) is 25.9 Å². The fourth-order valence-electron chi connectivity index (χ4n) is 2.82. The molecule has 25 heavy (non-hydrogen) atoms. The molecule has 7 nitrogen and oxygen atoms in total. The van der Waals surface area contributed by atoms with Crippen LogP contribution in [0, 0.1) is 5.92 Å². The Balaban J connectivity index is 1.80. The monoisotopic (exact) mass is 347 g/mol. The summed E-state index contributed by atoms with van der Waals surface area (Å²) in [5.41, 5.74) is 6.20. The van der Waals surface area contributed by atoms with Crippen molar-refractivity contribution in [2.75, 3.05) is 13.1 Å². The number of amides is 3. The van der Waals surface area contributed by atoms with Crippen LogP contribution in [0.1, 0.15) is 38.3 Å². The molecule has 1 heterocycles. The molecule has 0 aliphatic carbocycles. The summed E-state index contributed by atoms with van der Waals surface area (Å²) < 4.78 is 5.30. The van der Waals surface area contributed by atoms with Crippen LogP contribution in [-0.2, 0) is 14.3 Å². The number of benzene rings is 1. The van der Waals surface area contributed by atoms with Gasteiger partial charge in [0.25, 0.3) is 5.91 Å². The Hall–Kier alpha value is -2.57. The minimum atomic E-state index is -0.868. The Morgan fingerprint density at radius 3 is 2.32 bits per heavy atom. The molecule has 1 aliphatic heterocycles. The van der Waals surface area contributed by atoms with Gasteiger partial charge in [0.15, 0.2) is 6.10 Å². The molecule has 1 fully saturated rings. The number of carbonyl (C=O) groups excluding carboxylic acids is 3. The van der Waals surface area contributed by atoms with E-state index in [9.17, 15) is 14.4 Å². The van der Waals surface area contributed by atoms with Crippen LogP contribution in [0.3, 0.4) is 0 Å². The average molecular weight is 347 g/mol. The lowest BCUT2D eigenvalue weighted by molar-refractivity contribution is -0.160. The van der Waals surface area contributed by atoms with Crippen LogP contribution < -0.4 is 11.1 Å². The lowest BCUT2D eigenvalue weighted by Gasteiger charge is -2.30. The number of likely N-dealkylation sites (tertiary alicyclic amines) is 1. The maximum Gasteiger partial charge on any atom is 0.314 e. The molecule has 2 rings (SSSR count). The number of carbonyl (C=O) groups is 3. The van der Waals surface area contributed by atoms with Crippen molar-refractivity contribution in [3.63, 3.8) is 0 Å². The van der Waals surface area contributed by atoms with Gasteiger partial charge in [-0.2, -0.15) is 0 Å². The number of hydrogen-bond acceptors (Lipinski definition) is 4. The van der Waals surface area contributed by atoms with E-state index >= 15 is 0 Å². The fourth-order valence-corrected chi connectivity index (χ4v) is 2.82. The summed E-state index contributed by atoms with van der Waals surface area (Å²) in [4.78, 5) is 37.0. The van der Waals surface area contributed by atoms with Crippen molar-refractivity contribution in [1.82, 2.24) is 10.2 Å². The first-order valence-electron chi connectivity index (χ1n) is 8.48. The molecule has 2 atom stereocenters. The molecule has 0 saturated carbocycles. The number of nitrogens with one attached hydrogen (secondary N) is 1. The Morgan fingerprint density at radius 2 is 1.76 bits per heavy atom. The van der Waals surface area contributed by atoms with Crippen molar-refractivity contribution in [2.24, 2.45) is 11.7 Å². The van der Waals surface area contributed by atoms with Gasteiger partial charge < -0.3 is 20.7 Å². The second-order valence-corrected chi connectivity index (χ2v) is 6.32. The number of rotatable bonds is 5. The average Bonchev–Trinajstić information content (AvgIpc) is 2.62. The van der Waals surface area contributed by atoms with Crippen LogP contribution >= 0.6 is 0 Å². The summed E-state index contributed by atoms with van der Waals surface area (Å²) in [6.45, 7) is 4.30. The third kappa shape index (κ3) is 5.20. The highest BCUT2D eigenvalue weighted by Gasteiger charge is 2.30. The zero-order valence-corrected chi connectivity index (χ0v) is 14.6. The van der Waals surface area contributed by atoms with E-state index in [1.165, 1.54) is 4.90 Å². The van der Waals surface area contributed by atoms with Gasteiger partial charge in [-0.1, -0.05) is 30.3 Å². The summed E-state index contributed by atoms with van der Waals surface area (Å²) in [6.07, 6.45) is 0.125. The highest BCUT2D eigenvalue weighted by molar-refractivity contribution is 5.84. The zero-order valence-electron chi connectivity index (χ0n) is 14.6. The van der Waals surface area contributed by atoms with Crippen LogP contribution in [0.2, 0.25) is 0 Å². The summed E-state index contributed by atoms with van der Waals surface area (Å²) in [7, 11) is 0. The van der Waals surface area contributed by atoms with Crippen molar-refractivity contribution in [3.8, 4) is 0 Å². The van der Waals surface area contributed by atoms with Crippen molar-refractivity contribution >= 4 is 17.9 Å². The summed E-state index contributed by atoms with van der Waals surface area (Å²) in [6, 6.07) is 8.91. The van der Waals surface area contributed by atoms with Crippen molar-refractivity contribution < 1.29 is 19.1 Å². The Bertz CT molecular complexity index is 612.